The standard InChI is InChI=1S/C14H19NO4S/c16-14(17)12-5-7-13(8-6-12)20(18,19)15-10-9-11-3-1-2-4-11/h5-8,11,15H,1-4,9-10H2,(H,16,17). The number of hydrogen-bond acceptors (Lipinski definition) is 3. The van der Waals surface area contributed by atoms with E-state index in [-0.39, 0.29) is 10.5 Å². The quantitative estimate of drug-likeness (QED) is 0.843. The van der Waals surface area contributed by atoms with E-state index in [1.165, 1.54) is 49.9 Å². The average Bonchev–Trinajstić information content (AvgIpc) is 2.92. The molecule has 1 aliphatic carbocycles. The lowest BCUT2D eigenvalue weighted by molar-refractivity contribution is 0.0696. The van der Waals surface area contributed by atoms with Crippen LogP contribution in [0.1, 0.15) is 42.5 Å². The fraction of sp³-hybridized carbons (Fsp3) is 0.500. The van der Waals surface area contributed by atoms with E-state index in [0.717, 1.165) is 6.42 Å². The summed E-state index contributed by atoms with van der Waals surface area (Å²) >= 11 is 0. The number of aromatic carboxylic acids is 1. The summed E-state index contributed by atoms with van der Waals surface area (Å²) in [5.41, 5.74) is 0.0786. The molecule has 0 aliphatic heterocycles. The number of rotatable bonds is 6. The first-order valence-electron chi connectivity index (χ1n) is 6.82. The first-order chi connectivity index (χ1) is 9.49. The molecule has 1 aromatic carbocycles. The molecule has 2 rings (SSSR count). The molecule has 5 nitrogen and oxygen atoms in total. The summed E-state index contributed by atoms with van der Waals surface area (Å²) in [4.78, 5) is 10.8. The van der Waals surface area contributed by atoms with Gasteiger partial charge in [-0.25, -0.2) is 17.9 Å². The van der Waals surface area contributed by atoms with Crippen molar-refractivity contribution < 1.29 is 18.3 Å². The van der Waals surface area contributed by atoms with Crippen LogP contribution in [0.15, 0.2) is 29.2 Å². The van der Waals surface area contributed by atoms with Gasteiger partial charge in [0.15, 0.2) is 0 Å². The van der Waals surface area contributed by atoms with Gasteiger partial charge >= 0.3 is 5.97 Å². The van der Waals surface area contributed by atoms with Crippen LogP contribution in [-0.2, 0) is 10.0 Å². The van der Waals surface area contributed by atoms with Gasteiger partial charge in [-0.15, -0.1) is 0 Å². The second kappa shape index (κ2) is 6.37. The minimum atomic E-state index is -3.54. The Morgan fingerprint density at radius 2 is 1.80 bits per heavy atom. The Bertz CT molecular complexity index is 559. The van der Waals surface area contributed by atoms with Crippen molar-refractivity contribution in [1.29, 1.82) is 0 Å². The zero-order valence-electron chi connectivity index (χ0n) is 11.2. The van der Waals surface area contributed by atoms with E-state index >= 15 is 0 Å². The van der Waals surface area contributed by atoms with Gasteiger partial charge in [0, 0.05) is 6.54 Å². The summed E-state index contributed by atoms with van der Waals surface area (Å²) < 4.78 is 26.6. The maximum atomic E-state index is 12.0. The van der Waals surface area contributed by atoms with Gasteiger partial charge in [0.05, 0.1) is 10.5 Å². The minimum Gasteiger partial charge on any atom is -0.478 e. The lowest BCUT2D eigenvalue weighted by Gasteiger charge is -2.10. The summed E-state index contributed by atoms with van der Waals surface area (Å²) in [6, 6.07) is 5.24. The van der Waals surface area contributed by atoms with Crippen molar-refractivity contribution in [2.75, 3.05) is 6.54 Å². The van der Waals surface area contributed by atoms with E-state index in [0.29, 0.717) is 12.5 Å². The van der Waals surface area contributed by atoms with Crippen molar-refractivity contribution in [3.8, 4) is 0 Å². The van der Waals surface area contributed by atoms with Gasteiger partial charge in [-0.3, -0.25) is 0 Å². The van der Waals surface area contributed by atoms with Crippen molar-refractivity contribution in [3.63, 3.8) is 0 Å². The van der Waals surface area contributed by atoms with E-state index in [2.05, 4.69) is 4.72 Å². The van der Waals surface area contributed by atoms with Gasteiger partial charge in [0.2, 0.25) is 10.0 Å². The van der Waals surface area contributed by atoms with E-state index in [1.807, 2.05) is 0 Å². The van der Waals surface area contributed by atoms with Crippen LogP contribution in [0.4, 0.5) is 0 Å². The largest absolute Gasteiger partial charge is 0.478 e. The average molecular weight is 297 g/mol. The molecule has 1 saturated carbocycles. The number of sulfonamides is 1. The monoisotopic (exact) mass is 297 g/mol. The third-order valence-electron chi connectivity index (χ3n) is 3.73. The first-order valence-corrected chi connectivity index (χ1v) is 8.30. The molecule has 0 spiro atoms. The van der Waals surface area contributed by atoms with Gasteiger partial charge in [0.1, 0.15) is 0 Å². The molecule has 110 valence electrons. The Labute approximate surface area is 119 Å². The fourth-order valence-electron chi connectivity index (χ4n) is 2.56. The van der Waals surface area contributed by atoms with Crippen molar-refractivity contribution >= 4 is 16.0 Å². The van der Waals surface area contributed by atoms with Crippen LogP contribution in [0.5, 0.6) is 0 Å². The van der Waals surface area contributed by atoms with E-state index in [9.17, 15) is 13.2 Å². The van der Waals surface area contributed by atoms with Crippen LogP contribution in [-0.4, -0.2) is 26.0 Å². The summed E-state index contributed by atoms with van der Waals surface area (Å²) in [5.74, 6) is -0.435. The zero-order chi connectivity index (χ0) is 14.6. The molecule has 20 heavy (non-hydrogen) atoms. The second-order valence-corrected chi connectivity index (χ2v) is 6.93. The number of hydrogen-bond donors (Lipinski definition) is 2. The van der Waals surface area contributed by atoms with E-state index in [1.54, 1.807) is 0 Å². The van der Waals surface area contributed by atoms with Gasteiger partial charge in [-0.1, -0.05) is 25.7 Å². The maximum Gasteiger partial charge on any atom is 0.335 e. The zero-order valence-corrected chi connectivity index (χ0v) is 12.0. The number of nitrogens with one attached hydrogen (secondary N) is 1. The van der Waals surface area contributed by atoms with Gasteiger partial charge in [0.25, 0.3) is 0 Å². The Balaban J connectivity index is 1.93. The molecule has 1 fully saturated rings. The topological polar surface area (TPSA) is 83.5 Å². The van der Waals surface area contributed by atoms with Crippen molar-refractivity contribution in [2.24, 2.45) is 5.92 Å². The highest BCUT2D eigenvalue weighted by Crippen LogP contribution is 2.27. The SMILES string of the molecule is O=C(O)c1ccc(S(=O)(=O)NCCC2CCCC2)cc1. The number of carboxylic acid groups (broad SMARTS) is 1. The molecule has 0 unspecified atom stereocenters. The molecule has 0 heterocycles. The molecule has 0 amide bonds. The van der Waals surface area contributed by atoms with Crippen LogP contribution in [0.3, 0.4) is 0 Å². The van der Waals surface area contributed by atoms with Crippen LogP contribution in [0.25, 0.3) is 0 Å². The van der Waals surface area contributed by atoms with Gasteiger partial charge in [-0.05, 0) is 36.6 Å². The molecule has 0 radical (unpaired) electrons. The van der Waals surface area contributed by atoms with E-state index < -0.39 is 16.0 Å². The highest BCUT2D eigenvalue weighted by atomic mass is 32.2. The van der Waals surface area contributed by atoms with Crippen molar-refractivity contribution in [1.82, 2.24) is 4.72 Å². The van der Waals surface area contributed by atoms with Crippen LogP contribution in [0.2, 0.25) is 0 Å². The number of benzene rings is 1. The molecule has 0 saturated heterocycles. The predicted octanol–water partition coefficient (Wildman–Crippen LogP) is 2.24. The minimum absolute atomic E-state index is 0.0786. The summed E-state index contributed by atoms with van der Waals surface area (Å²) in [6.45, 7) is 0.438. The van der Waals surface area contributed by atoms with Crippen molar-refractivity contribution in [3.05, 3.63) is 29.8 Å². The van der Waals surface area contributed by atoms with Gasteiger partial charge in [-0.2, -0.15) is 0 Å². The van der Waals surface area contributed by atoms with E-state index in [4.69, 9.17) is 5.11 Å². The number of carbonyl (C=O) groups is 1. The lowest BCUT2D eigenvalue weighted by atomic mass is 10.1. The smallest absolute Gasteiger partial charge is 0.335 e. The van der Waals surface area contributed by atoms with Crippen LogP contribution >= 0.6 is 0 Å². The molecule has 1 aliphatic rings. The Morgan fingerprint density at radius 1 is 1.20 bits per heavy atom. The predicted molar refractivity (Wildman–Crippen MR) is 75.2 cm³/mol. The van der Waals surface area contributed by atoms with Crippen LogP contribution < -0.4 is 4.72 Å². The Kier molecular flexibility index (Phi) is 4.77. The fourth-order valence-corrected chi connectivity index (χ4v) is 3.60. The second-order valence-electron chi connectivity index (χ2n) is 5.17. The Hall–Kier alpha value is -1.40. The molecular weight excluding hydrogens is 278 g/mol. The molecule has 0 bridgehead atoms. The maximum absolute atomic E-state index is 12.0. The highest BCUT2D eigenvalue weighted by molar-refractivity contribution is 7.89. The van der Waals surface area contributed by atoms with Crippen LogP contribution in [0, 0.1) is 5.92 Å². The third kappa shape index (κ3) is 3.80. The molecule has 0 aromatic heterocycles. The first kappa shape index (κ1) is 15.0. The molecule has 0 atom stereocenters. The molecule has 2 N–H and O–H groups in total. The molecule has 6 heteroatoms. The summed E-state index contributed by atoms with van der Waals surface area (Å²) in [5, 5.41) is 8.78. The summed E-state index contributed by atoms with van der Waals surface area (Å²) in [6.07, 6.45) is 5.73. The highest BCUT2D eigenvalue weighted by Gasteiger charge is 2.18. The Morgan fingerprint density at radius 3 is 2.35 bits per heavy atom. The normalized spacial score (nSPS) is 16.4. The van der Waals surface area contributed by atoms with Crippen molar-refractivity contribution in [2.45, 2.75) is 37.0 Å². The van der Waals surface area contributed by atoms with Gasteiger partial charge < -0.3 is 5.11 Å². The third-order valence-corrected chi connectivity index (χ3v) is 5.21. The number of carboxylic acids is 1. The summed E-state index contributed by atoms with van der Waals surface area (Å²) in [7, 11) is -3.54. The molecular formula is C14H19NO4S. The molecule has 1 aromatic rings. The lowest BCUT2D eigenvalue weighted by Crippen LogP contribution is -2.26.